The molecule has 2 rings (SSSR count). The van der Waals surface area contributed by atoms with E-state index in [1.165, 1.54) is 6.07 Å². The number of nitrogens with zero attached hydrogens (tertiary/aromatic N) is 2. The lowest BCUT2D eigenvalue weighted by Gasteiger charge is -2.02. The highest BCUT2D eigenvalue weighted by atomic mass is 35.5. The summed E-state index contributed by atoms with van der Waals surface area (Å²) in [4.78, 5) is 4.03. The first-order valence-electron chi connectivity index (χ1n) is 4.69. The monoisotopic (exact) mass is 242 g/mol. The van der Waals surface area contributed by atoms with Gasteiger partial charge in [0, 0.05) is 12.7 Å². The molecule has 16 heavy (non-hydrogen) atoms. The smallest absolute Gasteiger partial charge is 0.159 e. The molecule has 0 unspecified atom stereocenters. The van der Waals surface area contributed by atoms with Crippen molar-refractivity contribution in [1.82, 2.24) is 9.55 Å². The van der Waals surface area contributed by atoms with Gasteiger partial charge in [-0.2, -0.15) is 0 Å². The third-order valence-corrected chi connectivity index (χ3v) is 2.45. The van der Waals surface area contributed by atoms with Crippen LogP contribution in [0, 0.1) is 11.6 Å². The van der Waals surface area contributed by atoms with Crippen LogP contribution in [-0.2, 0) is 12.4 Å². The summed E-state index contributed by atoms with van der Waals surface area (Å²) in [6.45, 7) is 0.446. The van der Waals surface area contributed by atoms with Crippen molar-refractivity contribution >= 4 is 11.6 Å². The van der Waals surface area contributed by atoms with Gasteiger partial charge in [-0.25, -0.2) is 13.8 Å². The molecule has 1 aromatic heterocycles. The molecule has 2 nitrogen and oxygen atoms in total. The fourth-order valence-corrected chi connectivity index (χ4v) is 1.55. The molecule has 0 aliphatic rings. The van der Waals surface area contributed by atoms with Crippen molar-refractivity contribution in [3.05, 3.63) is 53.6 Å². The number of aromatic nitrogens is 2. The Hall–Kier alpha value is -1.42. The lowest BCUT2D eigenvalue weighted by atomic mass is 10.2. The van der Waals surface area contributed by atoms with Gasteiger partial charge in [0.15, 0.2) is 11.6 Å². The Morgan fingerprint density at radius 1 is 1.25 bits per heavy atom. The average Bonchev–Trinajstić information content (AvgIpc) is 2.71. The first-order valence-corrected chi connectivity index (χ1v) is 5.23. The first kappa shape index (κ1) is 11.1. The van der Waals surface area contributed by atoms with Gasteiger partial charge in [0.2, 0.25) is 0 Å². The van der Waals surface area contributed by atoms with Crippen LogP contribution in [0.3, 0.4) is 0 Å². The summed E-state index contributed by atoms with van der Waals surface area (Å²) in [6, 6.07) is 3.83. The van der Waals surface area contributed by atoms with Crippen LogP contribution >= 0.6 is 11.6 Å². The van der Waals surface area contributed by atoms with Crippen LogP contribution in [0.4, 0.5) is 8.78 Å². The fourth-order valence-electron chi connectivity index (χ4n) is 1.41. The zero-order chi connectivity index (χ0) is 11.5. The van der Waals surface area contributed by atoms with Crippen molar-refractivity contribution in [3.63, 3.8) is 0 Å². The first-order chi connectivity index (χ1) is 7.69. The molecule has 0 amide bonds. The minimum atomic E-state index is -0.838. The third kappa shape index (κ3) is 2.39. The standard InChI is InChI=1S/C11H9ClF2N2/c12-4-9-6-16(7-15-9)5-8-1-2-10(13)11(14)3-8/h1-3,6-7H,4-5H2. The molecule has 2 aromatic rings. The molecule has 0 fully saturated rings. The van der Waals surface area contributed by atoms with Gasteiger partial charge in [-0.05, 0) is 17.7 Å². The number of rotatable bonds is 3. The quantitative estimate of drug-likeness (QED) is 0.757. The van der Waals surface area contributed by atoms with Gasteiger partial charge in [0.05, 0.1) is 17.9 Å². The van der Waals surface area contributed by atoms with Gasteiger partial charge in [-0.3, -0.25) is 0 Å². The molecule has 5 heteroatoms. The van der Waals surface area contributed by atoms with E-state index in [0.717, 1.165) is 11.8 Å². The zero-order valence-corrected chi connectivity index (χ0v) is 9.09. The number of hydrogen-bond donors (Lipinski definition) is 0. The summed E-state index contributed by atoms with van der Waals surface area (Å²) < 4.78 is 27.4. The number of hydrogen-bond acceptors (Lipinski definition) is 1. The molecule has 0 aliphatic carbocycles. The molecule has 0 N–H and O–H groups in total. The minimum Gasteiger partial charge on any atom is -0.333 e. The van der Waals surface area contributed by atoms with Crippen LogP contribution in [0.1, 0.15) is 11.3 Å². The molecule has 0 saturated carbocycles. The van der Waals surface area contributed by atoms with Crippen molar-refractivity contribution in [1.29, 1.82) is 0 Å². The SMILES string of the molecule is Fc1ccc(Cn2cnc(CCl)c2)cc1F. The van der Waals surface area contributed by atoms with Crippen LogP contribution in [0.2, 0.25) is 0 Å². The highest BCUT2D eigenvalue weighted by Gasteiger charge is 2.03. The fraction of sp³-hybridized carbons (Fsp3) is 0.182. The van der Waals surface area contributed by atoms with E-state index in [4.69, 9.17) is 11.6 Å². The summed E-state index contributed by atoms with van der Waals surface area (Å²) in [5.41, 5.74) is 1.43. The van der Waals surface area contributed by atoms with E-state index in [0.29, 0.717) is 18.0 Å². The molecular weight excluding hydrogens is 234 g/mol. The van der Waals surface area contributed by atoms with Crippen molar-refractivity contribution in [2.75, 3.05) is 0 Å². The topological polar surface area (TPSA) is 17.8 Å². The predicted molar refractivity (Wildman–Crippen MR) is 57.2 cm³/mol. The Kier molecular flexibility index (Phi) is 3.19. The minimum absolute atomic E-state index is 0.338. The van der Waals surface area contributed by atoms with Gasteiger partial charge in [-0.15, -0.1) is 11.6 Å². The zero-order valence-electron chi connectivity index (χ0n) is 8.33. The van der Waals surface area contributed by atoms with Crippen LogP contribution in [-0.4, -0.2) is 9.55 Å². The van der Waals surface area contributed by atoms with E-state index < -0.39 is 11.6 Å². The van der Waals surface area contributed by atoms with E-state index in [2.05, 4.69) is 4.98 Å². The maximum atomic E-state index is 12.9. The van der Waals surface area contributed by atoms with Crippen LogP contribution in [0.15, 0.2) is 30.7 Å². The van der Waals surface area contributed by atoms with Crippen molar-refractivity contribution in [2.24, 2.45) is 0 Å². The maximum absolute atomic E-state index is 12.9. The Labute approximate surface area is 96.5 Å². The molecule has 0 saturated heterocycles. The third-order valence-electron chi connectivity index (χ3n) is 2.17. The molecular formula is C11H9ClF2N2. The number of benzene rings is 1. The second kappa shape index (κ2) is 4.61. The second-order valence-electron chi connectivity index (χ2n) is 3.42. The summed E-state index contributed by atoms with van der Waals surface area (Å²) in [5, 5.41) is 0. The maximum Gasteiger partial charge on any atom is 0.159 e. The van der Waals surface area contributed by atoms with Gasteiger partial charge in [0.25, 0.3) is 0 Å². The summed E-state index contributed by atoms with van der Waals surface area (Å²) >= 11 is 5.60. The van der Waals surface area contributed by atoms with Gasteiger partial charge >= 0.3 is 0 Å². The van der Waals surface area contributed by atoms with E-state index in [1.54, 1.807) is 23.2 Å². The lowest BCUT2D eigenvalue weighted by molar-refractivity contribution is 0.506. The Balaban J connectivity index is 2.17. The lowest BCUT2D eigenvalue weighted by Crippen LogP contribution is -1.97. The molecule has 84 valence electrons. The largest absolute Gasteiger partial charge is 0.333 e. The van der Waals surface area contributed by atoms with Gasteiger partial charge < -0.3 is 4.57 Å². The van der Waals surface area contributed by atoms with E-state index in [-0.39, 0.29) is 0 Å². The summed E-state index contributed by atoms with van der Waals surface area (Å²) in [5.74, 6) is -1.34. The molecule has 1 aromatic carbocycles. The highest BCUT2D eigenvalue weighted by molar-refractivity contribution is 6.16. The number of alkyl halides is 1. The number of halogens is 3. The second-order valence-corrected chi connectivity index (χ2v) is 3.69. The normalized spacial score (nSPS) is 10.7. The van der Waals surface area contributed by atoms with Gasteiger partial charge in [-0.1, -0.05) is 6.07 Å². The predicted octanol–water partition coefficient (Wildman–Crippen LogP) is 2.95. The molecule has 0 radical (unpaired) electrons. The summed E-state index contributed by atoms with van der Waals surface area (Å²) in [6.07, 6.45) is 3.38. The molecule has 0 bridgehead atoms. The molecule has 0 aliphatic heterocycles. The van der Waals surface area contributed by atoms with Gasteiger partial charge in [0.1, 0.15) is 0 Å². The van der Waals surface area contributed by atoms with Crippen LogP contribution in [0.5, 0.6) is 0 Å². The molecule has 1 heterocycles. The number of imidazole rings is 1. The van der Waals surface area contributed by atoms with Crippen molar-refractivity contribution < 1.29 is 8.78 Å². The molecule has 0 spiro atoms. The Morgan fingerprint density at radius 3 is 2.69 bits per heavy atom. The van der Waals surface area contributed by atoms with E-state index >= 15 is 0 Å². The molecule has 0 atom stereocenters. The van der Waals surface area contributed by atoms with Crippen molar-refractivity contribution in [3.8, 4) is 0 Å². The van der Waals surface area contributed by atoms with Crippen LogP contribution < -0.4 is 0 Å². The highest BCUT2D eigenvalue weighted by Crippen LogP contribution is 2.10. The van der Waals surface area contributed by atoms with E-state index in [9.17, 15) is 8.78 Å². The van der Waals surface area contributed by atoms with E-state index in [1.807, 2.05) is 0 Å². The Bertz CT molecular complexity index is 496. The van der Waals surface area contributed by atoms with Crippen LogP contribution in [0.25, 0.3) is 0 Å². The summed E-state index contributed by atoms with van der Waals surface area (Å²) in [7, 11) is 0. The average molecular weight is 243 g/mol. The van der Waals surface area contributed by atoms with Crippen molar-refractivity contribution in [2.45, 2.75) is 12.4 Å². The Morgan fingerprint density at radius 2 is 2.06 bits per heavy atom.